The molecule has 0 spiro atoms. The topological polar surface area (TPSA) is 41.8 Å². The minimum atomic E-state index is -0.0688. The van der Waals surface area contributed by atoms with Gasteiger partial charge in [0, 0.05) is 10.6 Å². The molecule has 0 aliphatic heterocycles. The van der Waals surface area contributed by atoms with Crippen molar-refractivity contribution in [2.24, 2.45) is 10.9 Å². The third kappa shape index (κ3) is 5.85. The zero-order valence-corrected chi connectivity index (χ0v) is 17.1. The van der Waals surface area contributed by atoms with Crippen molar-refractivity contribution in [1.29, 1.82) is 0 Å². The van der Waals surface area contributed by atoms with E-state index in [-0.39, 0.29) is 6.10 Å². The fraction of sp³-hybridized carbons (Fsp3) is 0.292. The summed E-state index contributed by atoms with van der Waals surface area (Å²) in [5.74, 6) is 2.33. The molecule has 0 atom stereocenters. The summed E-state index contributed by atoms with van der Waals surface area (Å²) in [5, 5.41) is 9.38. The van der Waals surface area contributed by atoms with Crippen LogP contribution in [0.3, 0.4) is 0 Å². The lowest BCUT2D eigenvalue weighted by Gasteiger charge is -2.31. The number of methoxy groups -OCH3 is 1. The van der Waals surface area contributed by atoms with Crippen LogP contribution in [0.15, 0.2) is 70.6 Å². The summed E-state index contributed by atoms with van der Waals surface area (Å²) in [6.45, 7) is 3.63. The van der Waals surface area contributed by atoms with E-state index in [4.69, 9.17) is 4.74 Å². The zero-order chi connectivity index (χ0) is 19.8. The smallest absolute Gasteiger partial charge is 0.120 e. The maximum absolute atomic E-state index is 9.38. The van der Waals surface area contributed by atoms with E-state index in [0.717, 1.165) is 41.3 Å². The fourth-order valence-corrected chi connectivity index (χ4v) is 4.14. The first-order valence-electron chi connectivity index (χ1n) is 9.55. The van der Waals surface area contributed by atoms with Crippen LogP contribution < -0.4 is 4.74 Å². The Hall–Kier alpha value is -2.30. The lowest BCUT2D eigenvalue weighted by Crippen LogP contribution is -2.29. The third-order valence-electron chi connectivity index (χ3n) is 4.92. The third-order valence-corrected chi connectivity index (χ3v) is 5.92. The molecule has 3 nitrogen and oxygen atoms in total. The van der Waals surface area contributed by atoms with Gasteiger partial charge in [-0.05, 0) is 61.2 Å². The van der Waals surface area contributed by atoms with Crippen LogP contribution in [0.2, 0.25) is 0 Å². The second-order valence-electron chi connectivity index (χ2n) is 7.03. The molecule has 0 radical (unpaired) electrons. The first-order chi connectivity index (χ1) is 13.7. The minimum absolute atomic E-state index is 0.0688. The molecule has 1 saturated carbocycles. The number of aliphatic hydroxyl groups excluding tert-OH is 1. The molecule has 3 rings (SSSR count). The summed E-state index contributed by atoms with van der Waals surface area (Å²) in [6, 6.07) is 14.5. The Morgan fingerprint density at radius 1 is 1.18 bits per heavy atom. The second kappa shape index (κ2) is 10.3. The van der Waals surface area contributed by atoms with E-state index < -0.39 is 0 Å². The summed E-state index contributed by atoms with van der Waals surface area (Å²) < 4.78 is 5.28. The highest BCUT2D eigenvalue weighted by Crippen LogP contribution is 2.33. The molecule has 1 aliphatic carbocycles. The number of allylic oxidation sites excluding steroid dienone is 2. The molecule has 1 aliphatic rings. The molecule has 1 N–H and O–H groups in total. The molecule has 0 aromatic heterocycles. The molecular weight excluding hydrogens is 366 g/mol. The van der Waals surface area contributed by atoms with Crippen LogP contribution in [0, 0.1) is 5.92 Å². The van der Waals surface area contributed by atoms with Gasteiger partial charge >= 0.3 is 0 Å². The lowest BCUT2D eigenvalue weighted by molar-refractivity contribution is 0.0432. The number of hydrogen-bond acceptors (Lipinski definition) is 4. The maximum Gasteiger partial charge on any atom is 0.120 e. The second-order valence-corrected chi connectivity index (χ2v) is 8.09. The molecule has 0 amide bonds. The van der Waals surface area contributed by atoms with Crippen molar-refractivity contribution in [2.75, 3.05) is 12.9 Å². The molecule has 0 heterocycles. The molecule has 28 heavy (non-hydrogen) atoms. The summed E-state index contributed by atoms with van der Waals surface area (Å²) in [6.07, 6.45) is 11.3. The normalized spacial score (nSPS) is 19.1. The molecule has 4 heteroatoms. The monoisotopic (exact) mass is 393 g/mol. The average Bonchev–Trinajstić information content (AvgIpc) is 2.70. The molecule has 0 saturated heterocycles. The van der Waals surface area contributed by atoms with Crippen molar-refractivity contribution in [3.63, 3.8) is 0 Å². The zero-order valence-electron chi connectivity index (χ0n) is 16.3. The van der Waals surface area contributed by atoms with Gasteiger partial charge in [0.2, 0.25) is 0 Å². The standard InChI is InChI=1S/C24H27NO2S/c1-25-23-12-11-22(27-2)17-24(23)28-13-5-3-4-6-18-7-9-19(10-8-18)14-20-15-21(26)16-20/h3-12,17,20-21,26H,1,13-16H2,2H3/b5-3+,6-4+. The van der Waals surface area contributed by atoms with Gasteiger partial charge in [-0.1, -0.05) is 48.6 Å². The van der Waals surface area contributed by atoms with Gasteiger partial charge in [-0.2, -0.15) is 0 Å². The first kappa shape index (κ1) is 20.4. The van der Waals surface area contributed by atoms with E-state index in [1.165, 1.54) is 11.1 Å². The SMILES string of the molecule is C=Nc1ccc(OC)cc1SC/C=C/C=C/c1ccc(CC2CC(O)C2)cc1. The molecular formula is C24H27NO2S. The number of ether oxygens (including phenoxy) is 1. The number of aliphatic hydroxyl groups is 1. The highest BCUT2D eigenvalue weighted by atomic mass is 32.2. The van der Waals surface area contributed by atoms with Crippen molar-refractivity contribution in [3.05, 3.63) is 71.8 Å². The van der Waals surface area contributed by atoms with E-state index in [0.29, 0.717) is 5.92 Å². The van der Waals surface area contributed by atoms with Gasteiger partial charge in [0.05, 0.1) is 18.9 Å². The predicted octanol–water partition coefficient (Wildman–Crippen LogP) is 5.70. The van der Waals surface area contributed by atoms with Gasteiger partial charge in [0.25, 0.3) is 0 Å². The Morgan fingerprint density at radius 2 is 1.96 bits per heavy atom. The van der Waals surface area contributed by atoms with E-state index in [2.05, 4.69) is 60.3 Å². The van der Waals surface area contributed by atoms with Gasteiger partial charge in [-0.15, -0.1) is 11.8 Å². The summed E-state index contributed by atoms with van der Waals surface area (Å²) in [7, 11) is 1.67. The van der Waals surface area contributed by atoms with E-state index in [1.807, 2.05) is 18.2 Å². The van der Waals surface area contributed by atoms with Crippen molar-refractivity contribution in [3.8, 4) is 5.75 Å². The largest absolute Gasteiger partial charge is 0.497 e. The fourth-order valence-electron chi connectivity index (χ4n) is 3.27. The van der Waals surface area contributed by atoms with Crippen LogP contribution in [0.4, 0.5) is 5.69 Å². The Balaban J connectivity index is 1.45. The molecule has 0 bridgehead atoms. The van der Waals surface area contributed by atoms with Gasteiger partial charge in [-0.25, -0.2) is 0 Å². The Morgan fingerprint density at radius 3 is 2.64 bits per heavy atom. The Labute approximate surface area is 171 Å². The molecule has 2 aromatic carbocycles. The van der Waals surface area contributed by atoms with Gasteiger partial charge in [0.15, 0.2) is 0 Å². The number of rotatable bonds is 9. The van der Waals surface area contributed by atoms with Crippen molar-refractivity contribution in [1.82, 2.24) is 0 Å². The molecule has 2 aromatic rings. The van der Waals surface area contributed by atoms with E-state index in [9.17, 15) is 5.11 Å². The number of benzene rings is 2. The summed E-state index contributed by atoms with van der Waals surface area (Å²) >= 11 is 1.71. The average molecular weight is 394 g/mol. The number of nitrogens with zero attached hydrogens (tertiary/aromatic N) is 1. The van der Waals surface area contributed by atoms with Gasteiger partial charge in [-0.3, -0.25) is 4.99 Å². The molecule has 1 fully saturated rings. The van der Waals surface area contributed by atoms with Crippen LogP contribution in [0.1, 0.15) is 24.0 Å². The quantitative estimate of drug-likeness (QED) is 0.337. The van der Waals surface area contributed by atoms with Crippen LogP contribution in [0.5, 0.6) is 5.75 Å². The van der Waals surface area contributed by atoms with E-state index in [1.54, 1.807) is 18.9 Å². The molecule has 146 valence electrons. The van der Waals surface area contributed by atoms with Crippen molar-refractivity contribution >= 4 is 30.2 Å². The van der Waals surface area contributed by atoms with Crippen LogP contribution in [-0.2, 0) is 6.42 Å². The Bertz CT molecular complexity index is 836. The van der Waals surface area contributed by atoms with Crippen LogP contribution in [-0.4, -0.2) is 30.8 Å². The van der Waals surface area contributed by atoms with Gasteiger partial charge in [0.1, 0.15) is 5.75 Å². The van der Waals surface area contributed by atoms with Crippen molar-refractivity contribution < 1.29 is 9.84 Å². The Kier molecular flexibility index (Phi) is 7.52. The van der Waals surface area contributed by atoms with Gasteiger partial charge < -0.3 is 9.84 Å². The lowest BCUT2D eigenvalue weighted by atomic mass is 9.78. The summed E-state index contributed by atoms with van der Waals surface area (Å²) in [5.41, 5.74) is 3.43. The predicted molar refractivity (Wildman–Crippen MR) is 120 cm³/mol. The minimum Gasteiger partial charge on any atom is -0.497 e. The highest BCUT2D eigenvalue weighted by Gasteiger charge is 2.26. The number of hydrogen-bond donors (Lipinski definition) is 1. The van der Waals surface area contributed by atoms with Crippen LogP contribution in [0.25, 0.3) is 6.08 Å². The van der Waals surface area contributed by atoms with Crippen molar-refractivity contribution in [2.45, 2.75) is 30.3 Å². The highest BCUT2D eigenvalue weighted by molar-refractivity contribution is 7.99. The first-order valence-corrected chi connectivity index (χ1v) is 10.5. The van der Waals surface area contributed by atoms with E-state index >= 15 is 0 Å². The number of thioether (sulfide) groups is 1. The van der Waals surface area contributed by atoms with Crippen LogP contribution >= 0.6 is 11.8 Å². The maximum atomic E-state index is 9.38. The molecule has 0 unspecified atom stereocenters. The number of aliphatic imine (C=N–C) groups is 1. The summed E-state index contributed by atoms with van der Waals surface area (Å²) in [4.78, 5) is 5.13.